The van der Waals surface area contributed by atoms with E-state index in [4.69, 9.17) is 14.2 Å². The van der Waals surface area contributed by atoms with E-state index in [2.05, 4.69) is 27.7 Å². The fourth-order valence-corrected chi connectivity index (χ4v) is 3.11. The first kappa shape index (κ1) is 17.9. The molecule has 1 atom stereocenters. The molecular formula is C17H34O3. The third kappa shape index (κ3) is 4.19. The van der Waals surface area contributed by atoms with E-state index in [0.29, 0.717) is 31.7 Å². The standard InChI is InChI=1S/C17H34O3/c1-7-14(2)17(11-18-5,12-19-6)13-20-16(3,4)15-9-8-10-15/h14-15H,7-13H2,1-6H3. The van der Waals surface area contributed by atoms with Crippen molar-refractivity contribution < 1.29 is 14.2 Å². The van der Waals surface area contributed by atoms with Crippen molar-refractivity contribution in [1.82, 2.24) is 0 Å². The maximum atomic E-state index is 6.37. The molecule has 1 rings (SSSR count). The lowest BCUT2D eigenvalue weighted by Gasteiger charge is -2.44. The second kappa shape index (κ2) is 7.77. The Morgan fingerprint density at radius 3 is 1.95 bits per heavy atom. The summed E-state index contributed by atoms with van der Waals surface area (Å²) in [6, 6.07) is 0. The summed E-state index contributed by atoms with van der Waals surface area (Å²) in [6.07, 6.45) is 5.07. The van der Waals surface area contributed by atoms with Crippen molar-refractivity contribution in [3.05, 3.63) is 0 Å². The summed E-state index contributed by atoms with van der Waals surface area (Å²) in [6.45, 7) is 11.1. The van der Waals surface area contributed by atoms with Gasteiger partial charge in [-0.15, -0.1) is 0 Å². The lowest BCUT2D eigenvalue weighted by atomic mass is 9.73. The molecule has 0 aromatic rings. The minimum Gasteiger partial charge on any atom is -0.384 e. The van der Waals surface area contributed by atoms with Gasteiger partial charge in [-0.1, -0.05) is 26.7 Å². The van der Waals surface area contributed by atoms with E-state index in [-0.39, 0.29) is 11.0 Å². The monoisotopic (exact) mass is 286 g/mol. The molecule has 0 bridgehead atoms. The number of ether oxygens (including phenoxy) is 3. The van der Waals surface area contributed by atoms with Crippen LogP contribution < -0.4 is 0 Å². The molecule has 1 aliphatic rings. The van der Waals surface area contributed by atoms with E-state index in [1.807, 2.05) is 0 Å². The fourth-order valence-electron chi connectivity index (χ4n) is 3.11. The van der Waals surface area contributed by atoms with Crippen molar-refractivity contribution in [2.24, 2.45) is 17.3 Å². The lowest BCUT2D eigenvalue weighted by molar-refractivity contribution is -0.150. The molecule has 0 saturated heterocycles. The van der Waals surface area contributed by atoms with Gasteiger partial charge in [-0.3, -0.25) is 0 Å². The van der Waals surface area contributed by atoms with Crippen LogP contribution >= 0.6 is 0 Å². The molecule has 0 spiro atoms. The second-order valence-corrected chi connectivity index (χ2v) is 7.06. The summed E-state index contributed by atoms with van der Waals surface area (Å²) in [5.41, 5.74) is -0.0717. The van der Waals surface area contributed by atoms with Gasteiger partial charge in [0, 0.05) is 19.6 Å². The van der Waals surface area contributed by atoms with E-state index in [1.54, 1.807) is 14.2 Å². The van der Waals surface area contributed by atoms with Crippen LogP contribution in [0.1, 0.15) is 53.4 Å². The van der Waals surface area contributed by atoms with Crippen molar-refractivity contribution in [2.75, 3.05) is 34.0 Å². The Labute approximate surface area is 125 Å². The first-order valence-electron chi connectivity index (χ1n) is 8.03. The molecule has 0 N–H and O–H groups in total. The van der Waals surface area contributed by atoms with Crippen LogP contribution in [0.2, 0.25) is 0 Å². The van der Waals surface area contributed by atoms with Crippen molar-refractivity contribution in [2.45, 2.75) is 59.0 Å². The molecule has 0 amide bonds. The highest BCUT2D eigenvalue weighted by molar-refractivity contribution is 4.89. The van der Waals surface area contributed by atoms with Gasteiger partial charge in [-0.25, -0.2) is 0 Å². The lowest BCUT2D eigenvalue weighted by Crippen LogP contribution is -2.47. The normalized spacial score (nSPS) is 18.9. The van der Waals surface area contributed by atoms with E-state index in [1.165, 1.54) is 19.3 Å². The van der Waals surface area contributed by atoms with Gasteiger partial charge in [-0.05, 0) is 38.5 Å². The molecule has 1 saturated carbocycles. The van der Waals surface area contributed by atoms with Gasteiger partial charge in [0.25, 0.3) is 0 Å². The first-order chi connectivity index (χ1) is 9.41. The number of hydrogen-bond donors (Lipinski definition) is 0. The molecule has 120 valence electrons. The summed E-state index contributed by atoms with van der Waals surface area (Å²) >= 11 is 0. The van der Waals surface area contributed by atoms with E-state index < -0.39 is 0 Å². The fraction of sp³-hybridized carbons (Fsp3) is 1.00. The van der Waals surface area contributed by atoms with Gasteiger partial charge in [0.2, 0.25) is 0 Å². The maximum absolute atomic E-state index is 6.37. The molecule has 0 radical (unpaired) electrons. The van der Waals surface area contributed by atoms with Crippen LogP contribution in [0.15, 0.2) is 0 Å². The zero-order valence-corrected chi connectivity index (χ0v) is 14.3. The SMILES string of the molecule is CCC(C)C(COC)(COC)COC(C)(C)C1CCC1. The Kier molecular flexibility index (Phi) is 6.96. The molecule has 0 heterocycles. The van der Waals surface area contributed by atoms with Crippen LogP contribution in [0.4, 0.5) is 0 Å². The van der Waals surface area contributed by atoms with Gasteiger partial charge in [0.05, 0.1) is 25.4 Å². The van der Waals surface area contributed by atoms with Crippen molar-refractivity contribution >= 4 is 0 Å². The predicted octanol–water partition coefficient (Wildman–Crippen LogP) is 3.91. The van der Waals surface area contributed by atoms with Gasteiger partial charge in [0.1, 0.15) is 0 Å². The van der Waals surface area contributed by atoms with Crippen LogP contribution in [-0.2, 0) is 14.2 Å². The summed E-state index contributed by atoms with van der Waals surface area (Å²) in [7, 11) is 3.54. The molecule has 0 aliphatic heterocycles. The smallest absolute Gasteiger partial charge is 0.0654 e. The highest BCUT2D eigenvalue weighted by Crippen LogP contribution is 2.40. The highest BCUT2D eigenvalue weighted by atomic mass is 16.5. The molecule has 20 heavy (non-hydrogen) atoms. The Morgan fingerprint density at radius 2 is 1.60 bits per heavy atom. The van der Waals surface area contributed by atoms with Crippen LogP contribution in [0.5, 0.6) is 0 Å². The molecule has 1 unspecified atom stereocenters. The third-order valence-electron chi connectivity index (χ3n) is 5.34. The summed E-state index contributed by atoms with van der Waals surface area (Å²) in [5, 5.41) is 0. The average molecular weight is 286 g/mol. The summed E-state index contributed by atoms with van der Waals surface area (Å²) in [4.78, 5) is 0. The number of rotatable bonds is 10. The van der Waals surface area contributed by atoms with Crippen LogP contribution in [-0.4, -0.2) is 39.6 Å². The van der Waals surface area contributed by atoms with Crippen molar-refractivity contribution in [3.8, 4) is 0 Å². The Hall–Kier alpha value is -0.120. The average Bonchev–Trinajstić information content (AvgIpc) is 2.33. The molecule has 3 heteroatoms. The van der Waals surface area contributed by atoms with E-state index in [0.717, 1.165) is 6.42 Å². The Balaban J connectivity index is 2.71. The third-order valence-corrected chi connectivity index (χ3v) is 5.34. The summed E-state index contributed by atoms with van der Waals surface area (Å²) < 4.78 is 17.3. The van der Waals surface area contributed by atoms with Crippen LogP contribution in [0, 0.1) is 17.3 Å². The van der Waals surface area contributed by atoms with Crippen LogP contribution in [0.25, 0.3) is 0 Å². The summed E-state index contributed by atoms with van der Waals surface area (Å²) in [5.74, 6) is 1.22. The molecular weight excluding hydrogens is 252 g/mol. The topological polar surface area (TPSA) is 27.7 Å². The largest absolute Gasteiger partial charge is 0.384 e. The van der Waals surface area contributed by atoms with Gasteiger partial charge >= 0.3 is 0 Å². The van der Waals surface area contributed by atoms with Gasteiger partial charge in [-0.2, -0.15) is 0 Å². The molecule has 1 fully saturated rings. The zero-order chi connectivity index (χ0) is 15.2. The minimum absolute atomic E-state index is 0.0293. The first-order valence-corrected chi connectivity index (χ1v) is 8.03. The molecule has 0 aromatic carbocycles. The van der Waals surface area contributed by atoms with E-state index >= 15 is 0 Å². The van der Waals surface area contributed by atoms with Gasteiger partial charge in [0.15, 0.2) is 0 Å². The maximum Gasteiger partial charge on any atom is 0.0654 e. The van der Waals surface area contributed by atoms with Gasteiger partial charge < -0.3 is 14.2 Å². The van der Waals surface area contributed by atoms with Crippen molar-refractivity contribution in [3.63, 3.8) is 0 Å². The highest BCUT2D eigenvalue weighted by Gasteiger charge is 2.41. The Bertz CT molecular complexity index is 265. The quantitative estimate of drug-likeness (QED) is 0.609. The Morgan fingerprint density at radius 1 is 1.05 bits per heavy atom. The van der Waals surface area contributed by atoms with Crippen molar-refractivity contribution in [1.29, 1.82) is 0 Å². The van der Waals surface area contributed by atoms with E-state index in [9.17, 15) is 0 Å². The zero-order valence-electron chi connectivity index (χ0n) is 14.3. The molecule has 3 nitrogen and oxygen atoms in total. The van der Waals surface area contributed by atoms with Crippen LogP contribution in [0.3, 0.4) is 0 Å². The molecule has 1 aliphatic carbocycles. The molecule has 0 aromatic heterocycles. The number of hydrogen-bond acceptors (Lipinski definition) is 3. The minimum atomic E-state index is -0.0424. The second-order valence-electron chi connectivity index (χ2n) is 7.06. The predicted molar refractivity (Wildman–Crippen MR) is 83.0 cm³/mol. The number of methoxy groups -OCH3 is 2.